The van der Waals surface area contributed by atoms with Gasteiger partial charge in [-0.05, 0) is 159 Å². The summed E-state index contributed by atoms with van der Waals surface area (Å²) in [5, 5.41) is 17.1. The van der Waals surface area contributed by atoms with Crippen LogP contribution >= 0.6 is 0 Å². The minimum Gasteiger partial charge on any atom is -0.383 e. The molecule has 0 radical (unpaired) electrons. The molecule has 0 atom stereocenters. The van der Waals surface area contributed by atoms with Crippen LogP contribution in [0.1, 0.15) is 55.5 Å². The number of benzene rings is 7. The van der Waals surface area contributed by atoms with E-state index < -0.39 is 0 Å². The Labute approximate surface area is 354 Å². The predicted molar refractivity (Wildman–Crippen MR) is 255 cm³/mol. The molecule has 294 valence electrons. The Hall–Kier alpha value is -7.80. The van der Waals surface area contributed by atoms with Crippen LogP contribution in [-0.2, 0) is 0 Å². The van der Waals surface area contributed by atoms with Crippen LogP contribution in [0.15, 0.2) is 170 Å². The molecule has 7 rings (SSSR count). The molecule has 0 aromatic heterocycles. The maximum Gasteiger partial charge on any atom is 0.194 e. The SMILES string of the molecule is [C-]#[N+]c1cc(/C=C/c2ccc(N(c3ccccc3)c3ccc(NC(C)C)cc3)cc2)c(C#N)cc1/C=C/c1ccc(N(c2ccccc2)c2ccc(NC(C)C)cc2)cc1. The van der Waals surface area contributed by atoms with Crippen molar-refractivity contribution in [2.45, 2.75) is 39.8 Å². The highest BCUT2D eigenvalue weighted by atomic mass is 15.1. The third-order valence-electron chi connectivity index (χ3n) is 9.84. The fourth-order valence-corrected chi connectivity index (χ4v) is 7.06. The molecule has 0 aliphatic heterocycles. The molecule has 7 aromatic rings. The third-order valence-corrected chi connectivity index (χ3v) is 9.84. The quantitative estimate of drug-likeness (QED) is 0.0850. The molecule has 0 unspecified atom stereocenters. The van der Waals surface area contributed by atoms with E-state index in [1.54, 1.807) is 12.1 Å². The van der Waals surface area contributed by atoms with E-state index in [-0.39, 0.29) is 0 Å². The van der Waals surface area contributed by atoms with Crippen LogP contribution in [0.3, 0.4) is 0 Å². The molecule has 60 heavy (non-hydrogen) atoms. The van der Waals surface area contributed by atoms with Crippen LogP contribution < -0.4 is 20.4 Å². The van der Waals surface area contributed by atoms with Crippen molar-refractivity contribution in [3.63, 3.8) is 0 Å². The largest absolute Gasteiger partial charge is 0.383 e. The van der Waals surface area contributed by atoms with Crippen LogP contribution in [-0.4, -0.2) is 12.1 Å². The smallest absolute Gasteiger partial charge is 0.194 e. The Morgan fingerprint density at radius 2 is 0.850 bits per heavy atom. The second kappa shape index (κ2) is 19.1. The maximum atomic E-state index is 10.2. The first-order valence-electron chi connectivity index (χ1n) is 20.2. The lowest BCUT2D eigenvalue weighted by molar-refractivity contribution is 0.899. The number of para-hydroxylation sites is 2. The second-order valence-electron chi connectivity index (χ2n) is 15.1. The lowest BCUT2D eigenvalue weighted by Gasteiger charge is -2.26. The normalized spacial score (nSPS) is 11.1. The van der Waals surface area contributed by atoms with Gasteiger partial charge in [-0.3, -0.25) is 0 Å². The number of rotatable bonds is 14. The van der Waals surface area contributed by atoms with E-state index in [9.17, 15) is 5.26 Å². The summed E-state index contributed by atoms with van der Waals surface area (Å²) < 4.78 is 0. The summed E-state index contributed by atoms with van der Waals surface area (Å²) in [5.74, 6) is 0. The molecule has 7 aromatic carbocycles. The average Bonchev–Trinajstić information content (AvgIpc) is 3.27. The highest BCUT2D eigenvalue weighted by molar-refractivity contribution is 5.84. The van der Waals surface area contributed by atoms with Gasteiger partial charge >= 0.3 is 0 Å². The van der Waals surface area contributed by atoms with Gasteiger partial charge in [0.15, 0.2) is 5.69 Å². The summed E-state index contributed by atoms with van der Waals surface area (Å²) in [5.41, 5.74) is 12.8. The second-order valence-corrected chi connectivity index (χ2v) is 15.1. The van der Waals surface area contributed by atoms with E-state index in [1.165, 1.54) is 0 Å². The van der Waals surface area contributed by atoms with Gasteiger partial charge in [-0.2, -0.15) is 5.26 Å². The van der Waals surface area contributed by atoms with Gasteiger partial charge in [0, 0.05) is 57.6 Å². The van der Waals surface area contributed by atoms with E-state index in [0.29, 0.717) is 34.5 Å². The first-order chi connectivity index (χ1) is 29.3. The molecule has 0 amide bonds. The summed E-state index contributed by atoms with van der Waals surface area (Å²) in [6.45, 7) is 16.5. The van der Waals surface area contributed by atoms with Crippen LogP contribution in [0.25, 0.3) is 29.1 Å². The number of hydrogen-bond acceptors (Lipinski definition) is 5. The molecule has 0 spiro atoms. The maximum absolute atomic E-state index is 10.2. The van der Waals surface area contributed by atoms with Gasteiger partial charge in [0.2, 0.25) is 0 Å². The molecule has 2 N–H and O–H groups in total. The van der Waals surface area contributed by atoms with Gasteiger partial charge in [0.1, 0.15) is 0 Å². The number of nitriles is 1. The van der Waals surface area contributed by atoms with Crippen molar-refractivity contribution in [1.82, 2.24) is 0 Å². The lowest BCUT2D eigenvalue weighted by Crippen LogP contribution is -2.11. The molecule has 0 heterocycles. The molecule has 0 saturated carbocycles. The fourth-order valence-electron chi connectivity index (χ4n) is 7.06. The van der Waals surface area contributed by atoms with Gasteiger partial charge in [-0.25, -0.2) is 4.85 Å². The Morgan fingerprint density at radius 3 is 1.22 bits per heavy atom. The van der Waals surface area contributed by atoms with Gasteiger partial charge < -0.3 is 20.4 Å². The first kappa shape index (κ1) is 40.4. The van der Waals surface area contributed by atoms with Crippen molar-refractivity contribution in [2.24, 2.45) is 0 Å². The topological polar surface area (TPSA) is 58.7 Å². The highest BCUT2D eigenvalue weighted by Gasteiger charge is 2.14. The van der Waals surface area contributed by atoms with Gasteiger partial charge in [0.05, 0.1) is 18.2 Å². The standard InChI is InChI=1S/C54H48N6/c1-39(2)57-46-24-32-52(33-25-46)59(48-12-8-6-9-13-48)50-28-18-41(19-29-50)16-22-43-37-54(56-5)44(36-45(43)38-55)23-17-42-20-30-51(31-21-42)60(49-14-10-7-11-15-49)53-34-26-47(27-35-53)58-40(3)4/h6-37,39-40,57-58H,1-4H3/b22-16+,23-17+. The van der Waals surface area contributed by atoms with Crippen molar-refractivity contribution in [3.05, 3.63) is 209 Å². The molecule has 0 aliphatic carbocycles. The number of nitrogens with one attached hydrogen (secondary N) is 2. The zero-order valence-electron chi connectivity index (χ0n) is 34.4. The minimum atomic E-state index is 0.351. The van der Waals surface area contributed by atoms with E-state index in [2.05, 4.69) is 180 Å². The molecule has 0 fully saturated rings. The third kappa shape index (κ3) is 10.0. The molecular weight excluding hydrogens is 733 g/mol. The van der Waals surface area contributed by atoms with E-state index in [0.717, 1.165) is 56.6 Å². The summed E-state index contributed by atoms with van der Waals surface area (Å²) in [6, 6.07) is 61.0. The van der Waals surface area contributed by atoms with E-state index in [1.807, 2.05) is 60.7 Å². The summed E-state index contributed by atoms with van der Waals surface area (Å²) in [4.78, 5) is 8.30. The van der Waals surface area contributed by atoms with Gasteiger partial charge in [0.25, 0.3) is 0 Å². The van der Waals surface area contributed by atoms with Gasteiger partial charge in [-0.15, -0.1) is 0 Å². The Morgan fingerprint density at radius 1 is 0.483 bits per heavy atom. The van der Waals surface area contributed by atoms with Crippen LogP contribution in [0, 0.1) is 17.9 Å². The molecule has 0 bridgehead atoms. The van der Waals surface area contributed by atoms with Crippen molar-refractivity contribution >= 4 is 75.5 Å². The Balaban J connectivity index is 1.09. The summed E-state index contributed by atoms with van der Waals surface area (Å²) in [6.07, 6.45) is 7.80. The summed E-state index contributed by atoms with van der Waals surface area (Å²) in [7, 11) is 0. The highest BCUT2D eigenvalue weighted by Crippen LogP contribution is 2.37. The zero-order valence-corrected chi connectivity index (χ0v) is 34.4. The monoisotopic (exact) mass is 780 g/mol. The van der Waals surface area contributed by atoms with Crippen LogP contribution in [0.4, 0.5) is 51.2 Å². The van der Waals surface area contributed by atoms with Crippen LogP contribution in [0.5, 0.6) is 0 Å². The first-order valence-corrected chi connectivity index (χ1v) is 20.2. The van der Waals surface area contributed by atoms with Crippen molar-refractivity contribution in [3.8, 4) is 6.07 Å². The lowest BCUT2D eigenvalue weighted by atomic mass is 10.0. The van der Waals surface area contributed by atoms with E-state index >= 15 is 0 Å². The number of anilines is 8. The minimum absolute atomic E-state index is 0.351. The Kier molecular flexibility index (Phi) is 12.9. The summed E-state index contributed by atoms with van der Waals surface area (Å²) >= 11 is 0. The molecular formula is C54H48N6. The average molecular weight is 781 g/mol. The Bertz CT molecular complexity index is 2440. The van der Waals surface area contributed by atoms with Crippen molar-refractivity contribution in [2.75, 3.05) is 20.4 Å². The predicted octanol–water partition coefficient (Wildman–Crippen LogP) is 15.0. The van der Waals surface area contributed by atoms with Crippen LogP contribution in [0.2, 0.25) is 0 Å². The molecule has 0 saturated heterocycles. The molecule has 6 nitrogen and oxygen atoms in total. The fraction of sp³-hybridized carbons (Fsp3) is 0.111. The van der Waals surface area contributed by atoms with Gasteiger partial charge in [-0.1, -0.05) is 85.0 Å². The van der Waals surface area contributed by atoms with Crippen molar-refractivity contribution < 1.29 is 0 Å². The number of nitrogens with zero attached hydrogens (tertiary/aromatic N) is 4. The number of hydrogen-bond donors (Lipinski definition) is 2. The van der Waals surface area contributed by atoms with E-state index in [4.69, 9.17) is 6.57 Å². The zero-order chi connectivity index (χ0) is 41.8. The molecule has 0 aliphatic rings. The van der Waals surface area contributed by atoms with Crippen molar-refractivity contribution in [1.29, 1.82) is 5.26 Å². The molecule has 6 heteroatoms.